The van der Waals surface area contributed by atoms with Crippen LogP contribution in [0.2, 0.25) is 0 Å². The summed E-state index contributed by atoms with van der Waals surface area (Å²) in [6.07, 6.45) is -0.215. The Morgan fingerprint density at radius 2 is 2.00 bits per heavy atom. The molecule has 0 aliphatic carbocycles. The molecule has 2 aliphatic heterocycles. The van der Waals surface area contributed by atoms with E-state index in [1.54, 1.807) is 6.07 Å². The molecule has 2 aromatic rings. The fourth-order valence-corrected chi connectivity index (χ4v) is 2.71. The topological polar surface area (TPSA) is 39.7 Å². The van der Waals surface area contributed by atoms with Gasteiger partial charge in [0.15, 0.2) is 11.5 Å². The maximum absolute atomic E-state index is 13.4. The van der Waals surface area contributed by atoms with Gasteiger partial charge in [-0.15, -0.1) is 12.4 Å². The number of nitrogens with one attached hydrogen (secondary N) is 1. The van der Waals surface area contributed by atoms with Crippen LogP contribution in [0.25, 0.3) is 0 Å². The molecule has 6 heteroatoms. The molecule has 1 saturated heterocycles. The summed E-state index contributed by atoms with van der Waals surface area (Å²) in [4.78, 5) is 0. The van der Waals surface area contributed by atoms with Crippen molar-refractivity contribution in [2.24, 2.45) is 5.92 Å². The van der Waals surface area contributed by atoms with Crippen molar-refractivity contribution >= 4 is 12.4 Å². The summed E-state index contributed by atoms with van der Waals surface area (Å²) in [7, 11) is 0. The minimum atomic E-state index is -2.54. The van der Waals surface area contributed by atoms with E-state index in [1.807, 2.05) is 0 Å². The first-order valence-electron chi connectivity index (χ1n) is 10.6. The zero-order chi connectivity index (χ0) is 21.7. The second-order valence-electron chi connectivity index (χ2n) is 5.52. The second kappa shape index (κ2) is 7.93. The van der Waals surface area contributed by atoms with Gasteiger partial charge in [0, 0.05) is 24.0 Å². The van der Waals surface area contributed by atoms with E-state index in [0.29, 0.717) is 17.1 Å². The number of hydrogen-bond acceptors (Lipinski definition) is 4. The number of fused-ring (bicyclic) bond motifs is 1. The average Bonchev–Trinajstić information content (AvgIpc) is 3.06. The van der Waals surface area contributed by atoms with E-state index in [1.165, 1.54) is 36.4 Å². The monoisotopic (exact) mass is 371 g/mol. The molecule has 1 N–H and O–H groups in total. The van der Waals surface area contributed by atoms with E-state index in [-0.39, 0.29) is 31.4 Å². The molecule has 0 spiro atoms. The largest absolute Gasteiger partial charge is 0.493 e. The molecule has 2 aliphatic rings. The molecule has 4 rings (SSSR count). The molecule has 25 heavy (non-hydrogen) atoms. The van der Waals surface area contributed by atoms with Crippen molar-refractivity contribution in [2.75, 3.05) is 26.3 Å². The Hall–Kier alpha value is -1.98. The van der Waals surface area contributed by atoms with Crippen LogP contribution < -0.4 is 19.5 Å². The van der Waals surface area contributed by atoms with Gasteiger partial charge in [0.1, 0.15) is 11.6 Å². The number of benzene rings is 2. The highest BCUT2D eigenvalue weighted by molar-refractivity contribution is 5.85. The van der Waals surface area contributed by atoms with Gasteiger partial charge < -0.3 is 19.5 Å². The summed E-state index contributed by atoms with van der Waals surface area (Å²) in [6.45, 7) is -7.04. The number of hydrogen-bond donors (Lipinski definition) is 1. The van der Waals surface area contributed by atoms with Crippen LogP contribution in [0.3, 0.4) is 0 Å². The van der Waals surface area contributed by atoms with E-state index >= 15 is 0 Å². The Morgan fingerprint density at radius 3 is 2.84 bits per heavy atom. The maximum Gasteiger partial charge on any atom is 0.231 e. The van der Waals surface area contributed by atoms with Gasteiger partial charge >= 0.3 is 0 Å². The van der Waals surface area contributed by atoms with Crippen LogP contribution >= 0.6 is 12.4 Å². The lowest BCUT2D eigenvalue weighted by molar-refractivity contribution is 0.173. The van der Waals surface area contributed by atoms with E-state index in [2.05, 4.69) is 5.32 Å². The first-order valence-corrected chi connectivity index (χ1v) is 7.60. The Morgan fingerprint density at radius 1 is 1.20 bits per heavy atom. The molecule has 0 radical (unpaired) electrons. The second-order valence-corrected chi connectivity index (χ2v) is 5.52. The molecule has 0 aromatic heterocycles. The van der Waals surface area contributed by atoms with Crippen molar-refractivity contribution in [2.45, 2.75) is 12.3 Å². The number of halogens is 2. The standard InChI is InChI=1S/C19H20FNO3.ClH/c20-15-3-1-13(2-4-15)17-7-8-21-10-14(17)11-22-16-5-6-18-19(9-16)24-12-23-18;/h1-6,9,14,17,21H,7-8,10-12H2;1H/t14-,17-;/m0./s1/i8D2,10D2,11D2;. The minimum Gasteiger partial charge on any atom is -0.493 e. The zero-order valence-corrected chi connectivity index (χ0v) is 13.9. The predicted octanol–water partition coefficient (Wildman–Crippen LogP) is 3.75. The third-order valence-corrected chi connectivity index (χ3v) is 3.99. The van der Waals surface area contributed by atoms with Crippen molar-refractivity contribution in [3.8, 4) is 17.2 Å². The van der Waals surface area contributed by atoms with Crippen LogP contribution in [0.5, 0.6) is 17.2 Å². The van der Waals surface area contributed by atoms with Gasteiger partial charge in [-0.05, 0) is 48.7 Å². The highest BCUT2D eigenvalue weighted by Gasteiger charge is 2.27. The summed E-state index contributed by atoms with van der Waals surface area (Å²) >= 11 is 0. The fourth-order valence-electron chi connectivity index (χ4n) is 2.71. The lowest BCUT2D eigenvalue weighted by atomic mass is 9.81. The number of ether oxygens (including phenoxy) is 3. The van der Waals surface area contributed by atoms with Crippen LogP contribution in [0.1, 0.15) is 26.1 Å². The van der Waals surface area contributed by atoms with Gasteiger partial charge in [-0.1, -0.05) is 12.1 Å². The molecule has 2 atom stereocenters. The van der Waals surface area contributed by atoms with Crippen LogP contribution in [0.4, 0.5) is 4.39 Å². The number of rotatable bonds is 4. The third-order valence-electron chi connectivity index (χ3n) is 3.99. The van der Waals surface area contributed by atoms with Crippen molar-refractivity contribution in [1.29, 1.82) is 0 Å². The minimum absolute atomic E-state index is 0. The summed E-state index contributed by atoms with van der Waals surface area (Å²) in [5.74, 6) is -1.85. The van der Waals surface area contributed by atoms with Crippen LogP contribution in [-0.2, 0) is 0 Å². The summed E-state index contributed by atoms with van der Waals surface area (Å²) in [5, 5.41) is 2.25. The van der Waals surface area contributed by atoms with E-state index in [9.17, 15) is 4.39 Å². The molecular weight excluding hydrogens is 345 g/mol. The first kappa shape index (κ1) is 11.6. The van der Waals surface area contributed by atoms with Crippen LogP contribution in [0, 0.1) is 11.7 Å². The molecule has 0 amide bonds. The number of piperidine rings is 1. The Kier molecular flexibility index (Phi) is 3.68. The summed E-state index contributed by atoms with van der Waals surface area (Å²) < 4.78 is 79.5. The molecule has 0 unspecified atom stereocenters. The molecular formula is C19H21ClFNO3. The first-order chi connectivity index (χ1) is 14.0. The lowest BCUT2D eigenvalue weighted by Crippen LogP contribution is -2.38. The zero-order valence-electron chi connectivity index (χ0n) is 19.1. The lowest BCUT2D eigenvalue weighted by Gasteiger charge is -2.32. The van der Waals surface area contributed by atoms with E-state index < -0.39 is 37.2 Å². The predicted molar refractivity (Wildman–Crippen MR) is 95.4 cm³/mol. The molecule has 2 aromatic carbocycles. The SMILES string of the molecule is Cl.[2H]C1([2H])C[C@@H](c2ccc(F)cc2)[C@H](C([2H])([2H])Oc2ccc3c(c2)OCO3)C([2H])([2H])N1. The normalized spacial score (nSPS) is 29.6. The smallest absolute Gasteiger partial charge is 0.231 e. The van der Waals surface area contributed by atoms with Crippen molar-refractivity contribution in [3.05, 3.63) is 53.8 Å². The summed E-state index contributed by atoms with van der Waals surface area (Å²) in [5.41, 5.74) is 0.425. The highest BCUT2D eigenvalue weighted by Crippen LogP contribution is 2.36. The van der Waals surface area contributed by atoms with Crippen LogP contribution in [0.15, 0.2) is 42.5 Å². The van der Waals surface area contributed by atoms with Crippen molar-refractivity contribution in [3.63, 3.8) is 0 Å². The fraction of sp³-hybridized carbons (Fsp3) is 0.368. The van der Waals surface area contributed by atoms with Gasteiger partial charge in [-0.25, -0.2) is 4.39 Å². The quantitative estimate of drug-likeness (QED) is 0.888. The molecule has 1 fully saturated rings. The van der Waals surface area contributed by atoms with Gasteiger partial charge in [0.25, 0.3) is 0 Å². The van der Waals surface area contributed by atoms with Gasteiger partial charge in [0.2, 0.25) is 6.79 Å². The summed E-state index contributed by atoms with van der Waals surface area (Å²) in [6, 6.07) is 9.73. The van der Waals surface area contributed by atoms with Gasteiger partial charge in [0.05, 0.1) is 9.30 Å². The Bertz CT molecular complexity index is 947. The molecule has 2 heterocycles. The van der Waals surface area contributed by atoms with E-state index in [4.69, 9.17) is 22.4 Å². The molecule has 4 nitrogen and oxygen atoms in total. The Labute approximate surface area is 161 Å². The molecule has 0 saturated carbocycles. The van der Waals surface area contributed by atoms with Gasteiger partial charge in [-0.2, -0.15) is 0 Å². The maximum atomic E-state index is 13.4. The third kappa shape index (κ3) is 3.99. The highest BCUT2D eigenvalue weighted by atomic mass is 35.5. The van der Waals surface area contributed by atoms with Crippen LogP contribution in [-0.4, -0.2) is 26.3 Å². The molecule has 134 valence electrons. The molecule has 0 bridgehead atoms. The van der Waals surface area contributed by atoms with Crippen molar-refractivity contribution in [1.82, 2.24) is 5.32 Å². The Balaban J connectivity index is 0.00000272. The van der Waals surface area contributed by atoms with Crippen molar-refractivity contribution < 1.29 is 26.8 Å². The van der Waals surface area contributed by atoms with E-state index in [0.717, 1.165) is 0 Å². The average molecular weight is 372 g/mol. The van der Waals surface area contributed by atoms with Gasteiger partial charge in [-0.3, -0.25) is 0 Å².